The number of aliphatic hydroxyl groups is 1. The van der Waals surface area contributed by atoms with Crippen LogP contribution in [0, 0.1) is 0 Å². The SMILES string of the molecule is COc1ccc(CCNC(=O)C(O)CN)cc1OC. The third-order valence-corrected chi connectivity index (χ3v) is 2.69. The maximum absolute atomic E-state index is 11.3. The lowest BCUT2D eigenvalue weighted by Crippen LogP contribution is -2.39. The number of hydrogen-bond donors (Lipinski definition) is 3. The second-order valence-electron chi connectivity index (χ2n) is 3.98. The number of ether oxygens (including phenoxy) is 2. The van der Waals surface area contributed by atoms with Crippen molar-refractivity contribution in [2.24, 2.45) is 5.73 Å². The topological polar surface area (TPSA) is 93.8 Å². The smallest absolute Gasteiger partial charge is 0.250 e. The number of nitrogens with two attached hydrogens (primary N) is 1. The molecule has 1 unspecified atom stereocenters. The van der Waals surface area contributed by atoms with Gasteiger partial charge in [0.1, 0.15) is 6.10 Å². The molecule has 0 aliphatic carbocycles. The first-order valence-electron chi connectivity index (χ1n) is 5.99. The summed E-state index contributed by atoms with van der Waals surface area (Å²) in [7, 11) is 3.15. The van der Waals surface area contributed by atoms with E-state index in [9.17, 15) is 9.90 Å². The number of carbonyl (C=O) groups is 1. The Morgan fingerprint density at radius 3 is 2.63 bits per heavy atom. The van der Waals surface area contributed by atoms with Gasteiger partial charge in [0.25, 0.3) is 0 Å². The summed E-state index contributed by atoms with van der Waals surface area (Å²) >= 11 is 0. The van der Waals surface area contributed by atoms with E-state index in [1.807, 2.05) is 18.2 Å². The number of benzene rings is 1. The molecule has 0 bridgehead atoms. The van der Waals surface area contributed by atoms with Crippen molar-refractivity contribution in [3.8, 4) is 11.5 Å². The van der Waals surface area contributed by atoms with Gasteiger partial charge in [-0.1, -0.05) is 6.07 Å². The molecular formula is C13H20N2O4. The molecule has 19 heavy (non-hydrogen) atoms. The van der Waals surface area contributed by atoms with Crippen molar-refractivity contribution >= 4 is 5.91 Å². The average molecular weight is 268 g/mol. The second kappa shape index (κ2) is 7.60. The summed E-state index contributed by atoms with van der Waals surface area (Å²) < 4.78 is 10.3. The van der Waals surface area contributed by atoms with Crippen molar-refractivity contribution < 1.29 is 19.4 Å². The van der Waals surface area contributed by atoms with E-state index in [2.05, 4.69) is 5.32 Å². The molecule has 0 spiro atoms. The second-order valence-corrected chi connectivity index (χ2v) is 3.98. The molecule has 1 atom stereocenters. The first-order valence-corrected chi connectivity index (χ1v) is 5.99. The Labute approximate surface area is 112 Å². The molecule has 6 heteroatoms. The average Bonchev–Trinajstić information content (AvgIpc) is 2.45. The minimum Gasteiger partial charge on any atom is -0.493 e. The Hall–Kier alpha value is -1.79. The van der Waals surface area contributed by atoms with E-state index in [0.29, 0.717) is 24.5 Å². The maximum atomic E-state index is 11.3. The van der Waals surface area contributed by atoms with Crippen LogP contribution in [0.5, 0.6) is 11.5 Å². The summed E-state index contributed by atoms with van der Waals surface area (Å²) in [6, 6.07) is 5.56. The summed E-state index contributed by atoms with van der Waals surface area (Å²) in [5.41, 5.74) is 6.18. The molecule has 1 rings (SSSR count). The van der Waals surface area contributed by atoms with Gasteiger partial charge in [0.05, 0.1) is 14.2 Å². The minimum atomic E-state index is -1.15. The van der Waals surface area contributed by atoms with Gasteiger partial charge < -0.3 is 25.6 Å². The highest BCUT2D eigenvalue weighted by Crippen LogP contribution is 2.27. The van der Waals surface area contributed by atoms with Gasteiger partial charge in [0.2, 0.25) is 5.91 Å². The molecule has 1 aromatic rings. The summed E-state index contributed by atoms with van der Waals surface area (Å²) in [5.74, 6) is 0.852. The third-order valence-electron chi connectivity index (χ3n) is 2.69. The molecule has 1 amide bonds. The van der Waals surface area contributed by atoms with E-state index in [4.69, 9.17) is 15.2 Å². The monoisotopic (exact) mass is 268 g/mol. The van der Waals surface area contributed by atoms with E-state index in [1.54, 1.807) is 14.2 Å². The van der Waals surface area contributed by atoms with Crippen LogP contribution in [-0.2, 0) is 11.2 Å². The van der Waals surface area contributed by atoms with Gasteiger partial charge in [0.15, 0.2) is 11.5 Å². The van der Waals surface area contributed by atoms with Gasteiger partial charge in [-0.05, 0) is 24.1 Å². The van der Waals surface area contributed by atoms with Crippen LogP contribution in [0.2, 0.25) is 0 Å². The zero-order valence-corrected chi connectivity index (χ0v) is 11.2. The summed E-state index contributed by atoms with van der Waals surface area (Å²) in [6.45, 7) is 0.341. The van der Waals surface area contributed by atoms with E-state index < -0.39 is 12.0 Å². The summed E-state index contributed by atoms with van der Waals surface area (Å²) in [4.78, 5) is 11.3. The molecule has 0 aliphatic rings. The Morgan fingerprint density at radius 1 is 1.37 bits per heavy atom. The maximum Gasteiger partial charge on any atom is 0.250 e. The van der Waals surface area contributed by atoms with Crippen molar-refractivity contribution in [3.05, 3.63) is 23.8 Å². The Bertz CT molecular complexity index is 423. The van der Waals surface area contributed by atoms with Crippen LogP contribution in [0.1, 0.15) is 5.56 Å². The molecule has 6 nitrogen and oxygen atoms in total. The molecule has 0 aliphatic heterocycles. The standard InChI is InChI=1S/C13H20N2O4/c1-18-11-4-3-9(7-12(11)19-2)5-6-15-13(17)10(16)8-14/h3-4,7,10,16H,5-6,8,14H2,1-2H3,(H,15,17). The quantitative estimate of drug-likeness (QED) is 0.630. The van der Waals surface area contributed by atoms with E-state index in [-0.39, 0.29) is 6.54 Å². The number of hydrogen-bond acceptors (Lipinski definition) is 5. The van der Waals surface area contributed by atoms with Crippen molar-refractivity contribution in [2.45, 2.75) is 12.5 Å². The zero-order valence-electron chi connectivity index (χ0n) is 11.2. The van der Waals surface area contributed by atoms with Crippen LogP contribution in [0.15, 0.2) is 18.2 Å². The van der Waals surface area contributed by atoms with Crippen molar-refractivity contribution in [2.75, 3.05) is 27.3 Å². The van der Waals surface area contributed by atoms with Crippen molar-refractivity contribution in [1.82, 2.24) is 5.32 Å². The number of aliphatic hydroxyl groups excluding tert-OH is 1. The van der Waals surface area contributed by atoms with Crippen LogP contribution < -0.4 is 20.5 Å². The van der Waals surface area contributed by atoms with E-state index in [0.717, 1.165) is 5.56 Å². The zero-order chi connectivity index (χ0) is 14.3. The third kappa shape index (κ3) is 4.42. The predicted octanol–water partition coefficient (Wildman–Crippen LogP) is -0.318. The van der Waals surface area contributed by atoms with Crippen LogP contribution in [0.3, 0.4) is 0 Å². The fraction of sp³-hybridized carbons (Fsp3) is 0.462. The summed E-state index contributed by atoms with van der Waals surface area (Å²) in [5, 5.41) is 11.8. The number of carbonyl (C=O) groups excluding carboxylic acids is 1. The highest BCUT2D eigenvalue weighted by molar-refractivity contribution is 5.80. The molecule has 0 fully saturated rings. The fourth-order valence-corrected chi connectivity index (χ4v) is 1.59. The van der Waals surface area contributed by atoms with Crippen molar-refractivity contribution in [1.29, 1.82) is 0 Å². The fourth-order valence-electron chi connectivity index (χ4n) is 1.59. The van der Waals surface area contributed by atoms with Gasteiger partial charge in [-0.15, -0.1) is 0 Å². The number of nitrogens with one attached hydrogen (secondary N) is 1. The van der Waals surface area contributed by atoms with E-state index in [1.165, 1.54) is 0 Å². The van der Waals surface area contributed by atoms with Crippen LogP contribution in [0.25, 0.3) is 0 Å². The van der Waals surface area contributed by atoms with Gasteiger partial charge in [-0.2, -0.15) is 0 Å². The normalized spacial score (nSPS) is 11.8. The lowest BCUT2D eigenvalue weighted by Gasteiger charge is -2.11. The molecule has 0 radical (unpaired) electrons. The highest BCUT2D eigenvalue weighted by Gasteiger charge is 2.11. The number of rotatable bonds is 7. The van der Waals surface area contributed by atoms with E-state index >= 15 is 0 Å². The van der Waals surface area contributed by atoms with Crippen molar-refractivity contribution in [3.63, 3.8) is 0 Å². The molecular weight excluding hydrogens is 248 g/mol. The van der Waals surface area contributed by atoms with Gasteiger partial charge in [-0.3, -0.25) is 4.79 Å². The van der Waals surface area contributed by atoms with Gasteiger partial charge >= 0.3 is 0 Å². The molecule has 0 saturated carbocycles. The summed E-state index contributed by atoms with van der Waals surface area (Å²) in [6.07, 6.45) is -0.519. The van der Waals surface area contributed by atoms with Crippen LogP contribution in [0.4, 0.5) is 0 Å². The molecule has 1 aromatic carbocycles. The first kappa shape index (κ1) is 15.3. The molecule has 0 aromatic heterocycles. The van der Waals surface area contributed by atoms with Crippen LogP contribution >= 0.6 is 0 Å². The Kier molecular flexibility index (Phi) is 6.11. The Balaban J connectivity index is 2.52. The Morgan fingerprint density at radius 2 is 2.05 bits per heavy atom. The number of amides is 1. The van der Waals surface area contributed by atoms with Gasteiger partial charge in [-0.25, -0.2) is 0 Å². The predicted molar refractivity (Wildman–Crippen MR) is 71.3 cm³/mol. The van der Waals surface area contributed by atoms with Crippen LogP contribution in [-0.4, -0.2) is 44.4 Å². The number of methoxy groups -OCH3 is 2. The molecule has 0 heterocycles. The molecule has 106 valence electrons. The lowest BCUT2D eigenvalue weighted by molar-refractivity contribution is -0.128. The van der Waals surface area contributed by atoms with Gasteiger partial charge in [0, 0.05) is 13.1 Å². The molecule has 4 N–H and O–H groups in total. The highest BCUT2D eigenvalue weighted by atomic mass is 16.5. The lowest BCUT2D eigenvalue weighted by atomic mass is 10.1. The minimum absolute atomic E-state index is 0.0812. The largest absolute Gasteiger partial charge is 0.493 e. The molecule has 0 saturated heterocycles. The first-order chi connectivity index (χ1) is 9.12.